The molecule has 0 saturated heterocycles. The molecule has 2 heterocycles. The van der Waals surface area contributed by atoms with E-state index in [9.17, 15) is 40.3 Å². The fraction of sp³-hybridized carbons (Fsp3) is 0.400. The summed E-state index contributed by atoms with van der Waals surface area (Å²) < 4.78 is 95.6. The van der Waals surface area contributed by atoms with Crippen LogP contribution in [-0.2, 0) is 11.2 Å². The minimum atomic E-state index is -6.66. The molecule has 2 N–H and O–H groups in total. The normalized spacial score (nSPS) is 15.7. The van der Waals surface area contributed by atoms with Gasteiger partial charge < -0.3 is 9.73 Å². The number of carbonyl (C=O) groups is 2. The van der Waals surface area contributed by atoms with E-state index in [0.717, 1.165) is 5.43 Å². The average molecular weight is 494 g/mol. The van der Waals surface area contributed by atoms with Crippen LogP contribution < -0.4 is 10.7 Å². The molecule has 184 valence electrons. The van der Waals surface area contributed by atoms with E-state index in [4.69, 9.17) is 4.42 Å². The third kappa shape index (κ3) is 4.48. The Hall–Kier alpha value is -3.45. The van der Waals surface area contributed by atoms with E-state index in [-0.39, 0.29) is 40.6 Å². The number of halogens is 7. The maximum absolute atomic E-state index is 13.5. The summed E-state index contributed by atoms with van der Waals surface area (Å²) in [6.45, 7) is 3.15. The first-order chi connectivity index (χ1) is 15.7. The molecule has 2 amide bonds. The van der Waals surface area contributed by atoms with E-state index in [2.05, 4.69) is 15.4 Å². The second-order valence-corrected chi connectivity index (χ2v) is 7.47. The number of hydrogen-bond acceptors (Lipinski definition) is 5. The van der Waals surface area contributed by atoms with Crippen molar-refractivity contribution < 1.29 is 44.7 Å². The lowest BCUT2D eigenvalue weighted by atomic mass is 9.93. The Bertz CT molecular complexity index is 1160. The summed E-state index contributed by atoms with van der Waals surface area (Å²) in [7, 11) is 0. The Morgan fingerprint density at radius 3 is 2.35 bits per heavy atom. The number of furan rings is 1. The van der Waals surface area contributed by atoms with Gasteiger partial charge in [-0.1, -0.05) is 6.07 Å². The van der Waals surface area contributed by atoms with E-state index in [1.165, 1.54) is 13.0 Å². The van der Waals surface area contributed by atoms with Gasteiger partial charge >= 0.3 is 23.9 Å². The smallest absolute Gasteiger partial charge is 0.455 e. The highest BCUT2D eigenvalue weighted by atomic mass is 19.4. The molecular formula is C20H17F7N4O3. The molecule has 0 bridgehead atoms. The average Bonchev–Trinajstić information content (AvgIpc) is 3.08. The van der Waals surface area contributed by atoms with Crippen LogP contribution in [0, 0.1) is 13.8 Å². The zero-order valence-corrected chi connectivity index (χ0v) is 17.6. The van der Waals surface area contributed by atoms with Crippen molar-refractivity contribution >= 4 is 23.3 Å². The van der Waals surface area contributed by atoms with Crippen LogP contribution in [0.25, 0.3) is 0 Å². The number of nitrogens with zero attached hydrogens (tertiary/aromatic N) is 2. The zero-order chi connectivity index (χ0) is 25.5. The van der Waals surface area contributed by atoms with Crippen LogP contribution >= 0.6 is 0 Å². The molecule has 3 rings (SSSR count). The molecule has 0 unspecified atom stereocenters. The number of hydrazone groups is 1. The van der Waals surface area contributed by atoms with Crippen LogP contribution in [0.3, 0.4) is 0 Å². The van der Waals surface area contributed by atoms with Gasteiger partial charge in [0.2, 0.25) is 0 Å². The molecule has 0 saturated carbocycles. The summed E-state index contributed by atoms with van der Waals surface area (Å²) >= 11 is 0. The van der Waals surface area contributed by atoms with Crippen molar-refractivity contribution in [3.8, 4) is 0 Å². The van der Waals surface area contributed by atoms with Crippen molar-refractivity contribution in [3.63, 3.8) is 0 Å². The van der Waals surface area contributed by atoms with Crippen LogP contribution in [0.15, 0.2) is 27.7 Å². The SMILES string of the molecule is Cc1cccc(NC(=O)c2oc3c(c2C)/C(=N/NC(=O)C(F)(F)C(F)(F)C(F)(F)F)CCC3)n1. The van der Waals surface area contributed by atoms with Crippen molar-refractivity contribution in [3.05, 3.63) is 46.5 Å². The monoisotopic (exact) mass is 494 g/mol. The maximum atomic E-state index is 13.5. The number of alkyl halides is 7. The van der Waals surface area contributed by atoms with Gasteiger partial charge in [0, 0.05) is 23.2 Å². The van der Waals surface area contributed by atoms with Gasteiger partial charge in [-0.25, -0.2) is 10.4 Å². The van der Waals surface area contributed by atoms with Crippen LogP contribution in [0.2, 0.25) is 0 Å². The van der Waals surface area contributed by atoms with Crippen molar-refractivity contribution in [2.75, 3.05) is 5.32 Å². The molecule has 0 spiro atoms. The summed E-state index contributed by atoms with van der Waals surface area (Å²) in [5.74, 6) is -16.1. The molecule has 2 aromatic heterocycles. The van der Waals surface area contributed by atoms with Gasteiger partial charge in [0.25, 0.3) is 5.91 Å². The van der Waals surface area contributed by atoms with E-state index >= 15 is 0 Å². The lowest BCUT2D eigenvalue weighted by molar-refractivity contribution is -0.344. The minimum absolute atomic E-state index is 0.0510. The molecule has 1 aliphatic rings. The quantitative estimate of drug-likeness (QED) is 0.472. The van der Waals surface area contributed by atoms with Gasteiger partial charge in [-0.2, -0.15) is 35.8 Å². The number of pyridine rings is 1. The van der Waals surface area contributed by atoms with Crippen LogP contribution in [-0.4, -0.2) is 40.5 Å². The number of amides is 2. The predicted octanol–water partition coefficient (Wildman–Crippen LogP) is 4.53. The number of aromatic nitrogens is 1. The molecule has 1 aliphatic carbocycles. The molecule has 14 heteroatoms. The number of hydrogen-bond donors (Lipinski definition) is 2. The van der Waals surface area contributed by atoms with Gasteiger partial charge in [-0.15, -0.1) is 0 Å². The fourth-order valence-corrected chi connectivity index (χ4v) is 3.29. The first kappa shape index (κ1) is 25.2. The highest BCUT2D eigenvalue weighted by molar-refractivity contribution is 6.09. The number of rotatable bonds is 5. The molecule has 0 aromatic carbocycles. The number of anilines is 1. The van der Waals surface area contributed by atoms with E-state index in [0.29, 0.717) is 18.5 Å². The lowest BCUT2D eigenvalue weighted by Gasteiger charge is -2.26. The maximum Gasteiger partial charge on any atom is 0.460 e. The van der Waals surface area contributed by atoms with Gasteiger partial charge in [-0.05, 0) is 38.8 Å². The summed E-state index contributed by atoms with van der Waals surface area (Å²) in [6.07, 6.45) is -5.98. The Balaban J connectivity index is 1.85. The number of fused-ring (bicyclic) bond motifs is 1. The highest BCUT2D eigenvalue weighted by Gasteiger charge is 2.76. The first-order valence-corrected chi connectivity index (χ1v) is 9.73. The van der Waals surface area contributed by atoms with Crippen molar-refractivity contribution in [1.82, 2.24) is 10.4 Å². The molecule has 0 radical (unpaired) electrons. The van der Waals surface area contributed by atoms with Gasteiger partial charge in [-0.3, -0.25) is 9.59 Å². The Morgan fingerprint density at radius 1 is 1.06 bits per heavy atom. The molecule has 34 heavy (non-hydrogen) atoms. The van der Waals surface area contributed by atoms with Crippen molar-refractivity contribution in [2.24, 2.45) is 5.10 Å². The van der Waals surface area contributed by atoms with E-state index in [1.54, 1.807) is 19.1 Å². The predicted molar refractivity (Wildman–Crippen MR) is 104 cm³/mol. The molecule has 7 nitrogen and oxygen atoms in total. The fourth-order valence-electron chi connectivity index (χ4n) is 3.29. The largest absolute Gasteiger partial charge is 0.460 e. The van der Waals surface area contributed by atoms with Crippen LogP contribution in [0.4, 0.5) is 36.6 Å². The molecular weight excluding hydrogens is 477 g/mol. The standard InChI is InChI=1S/C20H17F7N4O3/c1-9-5-3-8-13(28-9)29-16(32)15-10(2)14-11(6-4-7-12(14)34-15)30-31-17(33)18(21,22)19(23,24)20(25,26)27/h3,5,8H,4,6-7H2,1-2H3,(H,31,33)(H,28,29,32)/b30-11+. The Labute approximate surface area is 187 Å². The summed E-state index contributed by atoms with van der Waals surface area (Å²) in [5.41, 5.74) is 1.98. The second-order valence-electron chi connectivity index (χ2n) is 7.47. The molecule has 0 atom stereocenters. The molecule has 0 fully saturated rings. The lowest BCUT2D eigenvalue weighted by Crippen LogP contribution is -2.58. The number of aryl methyl sites for hydroxylation is 2. The summed E-state index contributed by atoms with van der Waals surface area (Å²) in [5, 5.41) is 5.87. The Morgan fingerprint density at radius 2 is 1.74 bits per heavy atom. The first-order valence-electron chi connectivity index (χ1n) is 9.73. The van der Waals surface area contributed by atoms with Crippen LogP contribution in [0.5, 0.6) is 0 Å². The second kappa shape index (κ2) is 8.72. The summed E-state index contributed by atoms with van der Waals surface area (Å²) in [4.78, 5) is 28.2. The number of carbonyl (C=O) groups excluding carboxylic acids is 2. The number of nitrogens with one attached hydrogen (secondary N) is 2. The van der Waals surface area contributed by atoms with Gasteiger partial charge in [0.05, 0.1) is 5.71 Å². The zero-order valence-electron chi connectivity index (χ0n) is 17.6. The van der Waals surface area contributed by atoms with Gasteiger partial charge in [0.1, 0.15) is 11.6 Å². The topological polar surface area (TPSA) is 96.6 Å². The molecule has 0 aliphatic heterocycles. The third-order valence-corrected chi connectivity index (χ3v) is 4.99. The summed E-state index contributed by atoms with van der Waals surface area (Å²) in [6, 6.07) is 4.89. The van der Waals surface area contributed by atoms with Crippen LogP contribution in [0.1, 0.15) is 46.0 Å². The highest BCUT2D eigenvalue weighted by Crippen LogP contribution is 2.46. The Kier molecular flexibility index (Phi) is 6.46. The van der Waals surface area contributed by atoms with Crippen molar-refractivity contribution in [2.45, 2.75) is 51.1 Å². The van der Waals surface area contributed by atoms with Crippen molar-refractivity contribution in [1.29, 1.82) is 0 Å². The minimum Gasteiger partial charge on any atom is -0.455 e. The van der Waals surface area contributed by atoms with E-state index < -0.39 is 29.8 Å². The van der Waals surface area contributed by atoms with Gasteiger partial charge in [0.15, 0.2) is 5.76 Å². The van der Waals surface area contributed by atoms with E-state index in [1.807, 2.05) is 0 Å². The third-order valence-electron chi connectivity index (χ3n) is 4.99. The molecule has 2 aromatic rings.